The van der Waals surface area contributed by atoms with E-state index in [-0.39, 0.29) is 11.0 Å². The third-order valence-electron chi connectivity index (χ3n) is 2.54. The van der Waals surface area contributed by atoms with Gasteiger partial charge in [0.2, 0.25) is 0 Å². The average molecular weight is 373 g/mol. The second kappa shape index (κ2) is 4.99. The van der Waals surface area contributed by atoms with Crippen molar-refractivity contribution in [3.05, 3.63) is 43.8 Å². The standard InChI is InChI=1S/C13H13FIN3O/c1-13(2,3)10-9(15)12(19)18-11(17-10)8-5-4-7(14)6-16-8/h4-6H,1-3H3,(H,17,18,19). The van der Waals surface area contributed by atoms with E-state index < -0.39 is 5.82 Å². The number of hydrogen-bond donors (Lipinski definition) is 1. The number of H-pyrrole nitrogens is 1. The molecule has 1 N–H and O–H groups in total. The van der Waals surface area contributed by atoms with Crippen LogP contribution in [0.2, 0.25) is 0 Å². The normalized spacial score (nSPS) is 11.6. The van der Waals surface area contributed by atoms with Crippen molar-refractivity contribution >= 4 is 22.6 Å². The maximum atomic E-state index is 12.9. The van der Waals surface area contributed by atoms with E-state index in [4.69, 9.17) is 0 Å². The van der Waals surface area contributed by atoms with Crippen LogP contribution in [0.1, 0.15) is 26.5 Å². The minimum Gasteiger partial charge on any atom is -0.304 e. The summed E-state index contributed by atoms with van der Waals surface area (Å²) in [4.78, 5) is 23.0. The zero-order valence-corrected chi connectivity index (χ0v) is 12.9. The first-order valence-electron chi connectivity index (χ1n) is 5.71. The quantitative estimate of drug-likeness (QED) is 0.783. The van der Waals surface area contributed by atoms with E-state index in [0.29, 0.717) is 20.8 Å². The van der Waals surface area contributed by atoms with Crippen LogP contribution >= 0.6 is 22.6 Å². The molecule has 4 nitrogen and oxygen atoms in total. The lowest BCUT2D eigenvalue weighted by Crippen LogP contribution is -2.24. The lowest BCUT2D eigenvalue weighted by molar-refractivity contribution is 0.562. The van der Waals surface area contributed by atoms with Gasteiger partial charge in [0.1, 0.15) is 15.1 Å². The SMILES string of the molecule is CC(C)(C)c1nc(-c2ccc(F)cn2)[nH]c(=O)c1I. The van der Waals surface area contributed by atoms with Crippen LogP contribution < -0.4 is 5.56 Å². The largest absolute Gasteiger partial charge is 0.304 e. The summed E-state index contributed by atoms with van der Waals surface area (Å²) in [5.74, 6) is -0.0667. The minimum absolute atomic E-state index is 0.207. The van der Waals surface area contributed by atoms with Gasteiger partial charge in [0.05, 0.1) is 11.9 Å². The van der Waals surface area contributed by atoms with Crippen molar-refractivity contribution < 1.29 is 4.39 Å². The molecule has 100 valence electrons. The smallest absolute Gasteiger partial charge is 0.264 e. The molecule has 2 heterocycles. The van der Waals surface area contributed by atoms with E-state index in [0.717, 1.165) is 6.20 Å². The Morgan fingerprint density at radius 2 is 2.00 bits per heavy atom. The fourth-order valence-corrected chi connectivity index (χ4v) is 2.66. The molecule has 0 aromatic carbocycles. The molecule has 0 aliphatic rings. The molecular weight excluding hydrogens is 360 g/mol. The summed E-state index contributed by atoms with van der Waals surface area (Å²) in [5, 5.41) is 0. The molecule has 0 saturated carbocycles. The fourth-order valence-electron chi connectivity index (χ4n) is 1.59. The van der Waals surface area contributed by atoms with Gasteiger partial charge in [-0.15, -0.1) is 0 Å². The van der Waals surface area contributed by atoms with Crippen molar-refractivity contribution in [2.75, 3.05) is 0 Å². The van der Waals surface area contributed by atoms with Gasteiger partial charge in [0.15, 0.2) is 5.82 Å². The lowest BCUT2D eigenvalue weighted by Gasteiger charge is -2.19. The summed E-state index contributed by atoms with van der Waals surface area (Å²) in [6, 6.07) is 2.78. The van der Waals surface area contributed by atoms with Crippen LogP contribution in [0.3, 0.4) is 0 Å². The molecule has 0 amide bonds. The highest BCUT2D eigenvalue weighted by Gasteiger charge is 2.22. The summed E-state index contributed by atoms with van der Waals surface area (Å²) in [6.45, 7) is 5.95. The number of halogens is 2. The zero-order chi connectivity index (χ0) is 14.2. The van der Waals surface area contributed by atoms with Crippen LogP contribution in [0.4, 0.5) is 4.39 Å². The molecule has 0 saturated heterocycles. The second-order valence-electron chi connectivity index (χ2n) is 5.19. The molecule has 0 spiro atoms. The van der Waals surface area contributed by atoms with Gasteiger partial charge in [-0.25, -0.2) is 14.4 Å². The molecule has 19 heavy (non-hydrogen) atoms. The molecule has 2 aromatic rings. The Kier molecular flexibility index (Phi) is 3.71. The minimum atomic E-state index is -0.423. The predicted molar refractivity (Wildman–Crippen MR) is 79.5 cm³/mol. The topological polar surface area (TPSA) is 58.6 Å². The van der Waals surface area contributed by atoms with Crippen LogP contribution in [0.25, 0.3) is 11.5 Å². The van der Waals surface area contributed by atoms with E-state index in [1.165, 1.54) is 12.1 Å². The van der Waals surface area contributed by atoms with Gasteiger partial charge in [-0.05, 0) is 34.7 Å². The van der Waals surface area contributed by atoms with Crippen molar-refractivity contribution in [3.63, 3.8) is 0 Å². The summed E-state index contributed by atoms with van der Waals surface area (Å²) >= 11 is 1.98. The monoisotopic (exact) mass is 373 g/mol. The fraction of sp³-hybridized carbons (Fsp3) is 0.308. The number of aromatic amines is 1. The highest BCUT2D eigenvalue weighted by Crippen LogP contribution is 2.24. The molecular formula is C13H13FIN3O. The highest BCUT2D eigenvalue weighted by molar-refractivity contribution is 14.1. The van der Waals surface area contributed by atoms with Crippen molar-refractivity contribution in [2.24, 2.45) is 0 Å². The van der Waals surface area contributed by atoms with E-state index in [1.807, 2.05) is 43.4 Å². The summed E-state index contributed by atoms with van der Waals surface area (Å²) in [5.41, 5.74) is 0.694. The van der Waals surface area contributed by atoms with Gasteiger partial charge in [-0.3, -0.25) is 4.79 Å². The van der Waals surface area contributed by atoms with Gasteiger partial charge < -0.3 is 4.98 Å². The maximum Gasteiger partial charge on any atom is 0.264 e. The van der Waals surface area contributed by atoms with Crippen LogP contribution in [-0.4, -0.2) is 15.0 Å². The van der Waals surface area contributed by atoms with Crippen molar-refractivity contribution in [1.29, 1.82) is 0 Å². The van der Waals surface area contributed by atoms with E-state index >= 15 is 0 Å². The first kappa shape index (κ1) is 14.1. The number of rotatable bonds is 1. The van der Waals surface area contributed by atoms with Gasteiger partial charge in [-0.1, -0.05) is 20.8 Å². The summed E-state index contributed by atoms with van der Waals surface area (Å²) in [6.07, 6.45) is 1.10. The van der Waals surface area contributed by atoms with E-state index in [2.05, 4.69) is 15.0 Å². The third-order valence-corrected chi connectivity index (χ3v) is 3.54. The molecule has 0 aliphatic heterocycles. The molecule has 0 radical (unpaired) electrons. The van der Waals surface area contributed by atoms with Gasteiger partial charge in [0.25, 0.3) is 5.56 Å². The third kappa shape index (κ3) is 2.99. The Hall–Kier alpha value is -1.31. The Balaban J connectivity index is 2.63. The van der Waals surface area contributed by atoms with Crippen LogP contribution in [0.15, 0.2) is 23.1 Å². The number of pyridine rings is 1. The Labute approximate surface area is 123 Å². The molecule has 0 fully saturated rings. The first-order chi connectivity index (χ1) is 8.79. The highest BCUT2D eigenvalue weighted by atomic mass is 127. The summed E-state index contributed by atoms with van der Waals surface area (Å²) < 4.78 is 13.4. The maximum absolute atomic E-state index is 12.9. The van der Waals surface area contributed by atoms with Crippen molar-refractivity contribution in [3.8, 4) is 11.5 Å². The Bertz CT molecular complexity index is 659. The first-order valence-corrected chi connectivity index (χ1v) is 6.79. The molecule has 2 rings (SSSR count). The van der Waals surface area contributed by atoms with E-state index in [9.17, 15) is 9.18 Å². The molecule has 0 bridgehead atoms. The average Bonchev–Trinajstić information content (AvgIpc) is 2.32. The van der Waals surface area contributed by atoms with Crippen molar-refractivity contribution in [2.45, 2.75) is 26.2 Å². The number of nitrogens with zero attached hydrogens (tertiary/aromatic N) is 2. The van der Waals surface area contributed by atoms with Gasteiger partial charge >= 0.3 is 0 Å². The zero-order valence-electron chi connectivity index (χ0n) is 10.8. The number of nitrogens with one attached hydrogen (secondary N) is 1. The predicted octanol–water partition coefficient (Wildman–Crippen LogP) is 2.87. The Morgan fingerprint density at radius 1 is 1.32 bits per heavy atom. The Morgan fingerprint density at radius 3 is 2.53 bits per heavy atom. The summed E-state index contributed by atoms with van der Waals surface area (Å²) in [7, 11) is 0. The lowest BCUT2D eigenvalue weighted by atomic mass is 9.92. The molecule has 0 unspecified atom stereocenters. The van der Waals surface area contributed by atoms with Gasteiger partial charge in [-0.2, -0.15) is 0 Å². The molecule has 0 aliphatic carbocycles. The molecule has 6 heteroatoms. The van der Waals surface area contributed by atoms with Crippen LogP contribution in [0.5, 0.6) is 0 Å². The van der Waals surface area contributed by atoms with Gasteiger partial charge in [0, 0.05) is 5.41 Å². The molecule has 2 aromatic heterocycles. The van der Waals surface area contributed by atoms with Crippen molar-refractivity contribution in [1.82, 2.24) is 15.0 Å². The number of aromatic nitrogens is 3. The second-order valence-corrected chi connectivity index (χ2v) is 6.27. The van der Waals surface area contributed by atoms with Crippen LogP contribution in [-0.2, 0) is 5.41 Å². The molecule has 0 atom stereocenters. The number of hydrogen-bond acceptors (Lipinski definition) is 3. The van der Waals surface area contributed by atoms with E-state index in [1.54, 1.807) is 0 Å². The van der Waals surface area contributed by atoms with Crippen LogP contribution in [0, 0.1) is 9.39 Å².